The van der Waals surface area contributed by atoms with Crippen LogP contribution in [0.4, 0.5) is 38.5 Å². The van der Waals surface area contributed by atoms with Crippen molar-refractivity contribution in [2.45, 2.75) is 137 Å². The molecule has 0 saturated carbocycles. The van der Waals surface area contributed by atoms with Crippen LogP contribution in [0.3, 0.4) is 0 Å². The highest BCUT2D eigenvalue weighted by Gasteiger charge is 2.44. The van der Waals surface area contributed by atoms with E-state index in [0.717, 1.165) is 132 Å². The fraction of sp³-hybridized carbons (Fsp3) is 0.500. The van der Waals surface area contributed by atoms with Gasteiger partial charge in [-0.15, -0.1) is 8.73 Å². The number of alkyl halides is 4. The van der Waals surface area contributed by atoms with E-state index in [2.05, 4.69) is 41.7 Å². The third-order valence-electron chi connectivity index (χ3n) is 12.5. The van der Waals surface area contributed by atoms with Crippen LogP contribution >= 0.6 is 0 Å². The van der Waals surface area contributed by atoms with Crippen molar-refractivity contribution in [1.82, 2.24) is 19.6 Å². The minimum absolute atomic E-state index is 0.259. The monoisotopic (exact) mass is 870 g/mol. The molecule has 4 amide bonds. The lowest BCUT2D eigenvalue weighted by Crippen LogP contribution is -2.29. The second kappa shape index (κ2) is 15.1. The number of carbonyl (C=O) groups excluding carboxylic acids is 2. The molecule has 2 unspecified atom stereocenters. The molecule has 14 nitrogen and oxygen atoms in total. The van der Waals surface area contributed by atoms with Crippen LogP contribution in [0, 0.1) is 0 Å². The minimum atomic E-state index is -3.88. The molecule has 10 rings (SSSR count). The van der Waals surface area contributed by atoms with E-state index in [9.17, 15) is 35.6 Å². The van der Waals surface area contributed by atoms with Gasteiger partial charge in [0.1, 0.15) is 41.0 Å². The number of nitrogens with one attached hydrogen (secondary N) is 2. The molecule has 2 aromatic heterocycles. The number of amides is 4. The van der Waals surface area contributed by atoms with E-state index in [-0.39, 0.29) is 48.6 Å². The number of anilines is 2. The molecule has 0 fully saturated rings. The zero-order valence-electron chi connectivity index (χ0n) is 32.8. The van der Waals surface area contributed by atoms with Gasteiger partial charge in [-0.05, 0) is 134 Å². The second-order valence-corrected chi connectivity index (χ2v) is 19.9. The summed E-state index contributed by atoms with van der Waals surface area (Å²) in [6.07, 6.45) is 13.2. The lowest BCUT2D eigenvalue weighted by Gasteiger charge is -2.24. The predicted octanol–water partition coefficient (Wildman–Crippen LogP) is 7.36. The van der Waals surface area contributed by atoms with Crippen LogP contribution in [0.5, 0.6) is 0 Å². The van der Waals surface area contributed by atoms with Gasteiger partial charge in [0, 0.05) is 37.3 Å². The molecule has 2 aliphatic heterocycles. The maximum Gasteiger partial charge on any atom is 0.354 e. The van der Waals surface area contributed by atoms with E-state index in [1.54, 1.807) is 0 Å². The van der Waals surface area contributed by atoms with Gasteiger partial charge in [-0.25, -0.2) is 28.3 Å². The maximum absolute atomic E-state index is 14.4. The van der Waals surface area contributed by atoms with Gasteiger partial charge in [0.15, 0.2) is 0 Å². The number of nitrogens with two attached hydrogens (primary N) is 2. The van der Waals surface area contributed by atoms with Gasteiger partial charge in [0.25, 0.3) is 11.8 Å². The van der Waals surface area contributed by atoms with Gasteiger partial charge < -0.3 is 10.6 Å². The molecule has 20 heteroatoms. The Hall–Kier alpha value is -4.66. The number of benzene rings is 2. The summed E-state index contributed by atoms with van der Waals surface area (Å²) < 4.78 is 93.3. The molecular formula is C40H46F4N10O4S2. The molecule has 2 aromatic carbocycles. The van der Waals surface area contributed by atoms with Gasteiger partial charge in [0.2, 0.25) is 0 Å². The fourth-order valence-electron chi connectivity index (χ4n) is 9.92. The Morgan fingerprint density at radius 2 is 0.917 bits per heavy atom. The number of rotatable bonds is 4. The summed E-state index contributed by atoms with van der Waals surface area (Å²) in [7, 11) is -7.75. The van der Waals surface area contributed by atoms with E-state index in [1.807, 2.05) is 0 Å². The summed E-state index contributed by atoms with van der Waals surface area (Å²) in [5.74, 6) is -6.42. The molecule has 320 valence electrons. The van der Waals surface area contributed by atoms with Crippen molar-refractivity contribution in [3.63, 3.8) is 0 Å². The molecule has 4 aliphatic carbocycles. The summed E-state index contributed by atoms with van der Waals surface area (Å²) in [4.78, 5) is 24.7. The minimum Gasteiger partial charge on any atom is -0.305 e. The largest absolute Gasteiger partial charge is 0.354 e. The normalized spacial score (nSPS) is 20.8. The highest BCUT2D eigenvalue weighted by Crippen LogP contribution is 2.43. The van der Waals surface area contributed by atoms with E-state index >= 15 is 0 Å². The lowest BCUT2D eigenvalue weighted by molar-refractivity contribution is -0.0398. The van der Waals surface area contributed by atoms with Crippen LogP contribution in [0.2, 0.25) is 0 Å². The third kappa shape index (κ3) is 7.31. The van der Waals surface area contributed by atoms with Crippen molar-refractivity contribution >= 4 is 43.3 Å². The molecule has 0 bridgehead atoms. The number of fused-ring (bicyclic) bond motifs is 6. The summed E-state index contributed by atoms with van der Waals surface area (Å²) in [5.41, 5.74) is 9.76. The molecule has 60 heavy (non-hydrogen) atoms. The van der Waals surface area contributed by atoms with Gasteiger partial charge in [-0.3, -0.25) is 9.36 Å². The smallest absolute Gasteiger partial charge is 0.305 e. The van der Waals surface area contributed by atoms with Crippen LogP contribution in [0.1, 0.15) is 107 Å². The van der Waals surface area contributed by atoms with E-state index in [1.165, 1.54) is 22.3 Å². The summed E-state index contributed by atoms with van der Waals surface area (Å²) in [6.45, 7) is 0.573. The van der Waals surface area contributed by atoms with Crippen molar-refractivity contribution in [3.05, 3.63) is 80.4 Å². The number of carbonyl (C=O) groups is 2. The number of nitrogens with zero attached hydrogens (tertiary/aromatic N) is 6. The first kappa shape index (κ1) is 40.7. The third-order valence-corrected chi connectivity index (χ3v) is 15.2. The Morgan fingerprint density at radius 1 is 0.583 bits per heavy atom. The van der Waals surface area contributed by atoms with Crippen molar-refractivity contribution in [2.75, 3.05) is 10.6 Å². The van der Waals surface area contributed by atoms with Gasteiger partial charge in [-0.2, -0.15) is 27.8 Å². The van der Waals surface area contributed by atoms with Crippen LogP contribution in [-0.4, -0.2) is 40.0 Å². The number of hydrogen-bond acceptors (Lipinski definition) is 6. The SMILES string of the molecule is NS(=O)(=NC(=O)Nc1c2c(cc3c1CCC3)CCC2)c1cnn2c1C(F)(F)CCC2.NS(=O)(=NC(=O)Nc1c2c(cc3c1CCC3)CCC2)c1cnn2c1C(F)(F)CCC2. The van der Waals surface area contributed by atoms with E-state index < -0.39 is 55.1 Å². The highest BCUT2D eigenvalue weighted by molar-refractivity contribution is 7.92. The highest BCUT2D eigenvalue weighted by atomic mass is 32.2. The average molecular weight is 871 g/mol. The van der Waals surface area contributed by atoms with Crippen molar-refractivity contribution < 1.29 is 35.6 Å². The van der Waals surface area contributed by atoms with Crippen LogP contribution in [0.25, 0.3) is 0 Å². The molecule has 0 radical (unpaired) electrons. The van der Waals surface area contributed by atoms with Gasteiger partial charge in [0.05, 0.1) is 12.4 Å². The van der Waals surface area contributed by atoms with Crippen molar-refractivity contribution in [2.24, 2.45) is 19.0 Å². The fourth-order valence-corrected chi connectivity index (χ4v) is 12.2. The summed E-state index contributed by atoms with van der Waals surface area (Å²) in [6, 6.07) is 2.70. The molecule has 0 spiro atoms. The van der Waals surface area contributed by atoms with Crippen LogP contribution in [-0.2, 0) is 96.1 Å². The predicted molar refractivity (Wildman–Crippen MR) is 216 cm³/mol. The standard InChI is InChI=1S/2C20H23F2N5O2S/c2*21-20(22)8-3-9-27-18(20)16(11-24-27)30(23,29)26-19(28)25-17-14-6-1-4-12(14)10-13-5-2-7-15(13)17/h2*10-11H,1-9H2,(H3,23,25,26,28,29). The molecule has 2 atom stereocenters. The molecule has 4 aromatic rings. The number of aryl methyl sites for hydroxylation is 6. The summed E-state index contributed by atoms with van der Waals surface area (Å²) in [5, 5.41) is 25.0. The Bertz CT molecular complexity index is 2480. The Kier molecular flexibility index (Phi) is 10.2. The topological polar surface area (TPSA) is 205 Å². The first-order valence-corrected chi connectivity index (χ1v) is 23.6. The Balaban J connectivity index is 0.000000154. The zero-order chi connectivity index (χ0) is 42.2. The quantitative estimate of drug-likeness (QED) is 0.154. The van der Waals surface area contributed by atoms with Gasteiger partial charge >= 0.3 is 12.1 Å². The Labute approximate surface area is 344 Å². The summed E-state index contributed by atoms with van der Waals surface area (Å²) >= 11 is 0. The number of hydrogen-bond donors (Lipinski definition) is 4. The van der Waals surface area contributed by atoms with Crippen molar-refractivity contribution in [1.29, 1.82) is 0 Å². The maximum atomic E-state index is 14.4. The number of aromatic nitrogens is 4. The van der Waals surface area contributed by atoms with Crippen LogP contribution < -0.4 is 20.9 Å². The molecular weight excluding hydrogens is 825 g/mol. The molecule has 6 N–H and O–H groups in total. The van der Waals surface area contributed by atoms with Crippen LogP contribution in [0.15, 0.2) is 43.0 Å². The lowest BCUT2D eigenvalue weighted by atomic mass is 9.99. The van der Waals surface area contributed by atoms with E-state index in [4.69, 9.17) is 10.3 Å². The first-order valence-electron chi connectivity index (χ1n) is 20.5. The van der Waals surface area contributed by atoms with Crippen molar-refractivity contribution in [3.8, 4) is 0 Å². The average Bonchev–Trinajstić information content (AvgIpc) is 4.01. The zero-order valence-corrected chi connectivity index (χ0v) is 34.5. The number of urea groups is 2. The molecule has 0 saturated heterocycles. The molecule has 4 heterocycles. The molecule has 6 aliphatic rings. The number of halogens is 4. The second-order valence-electron chi connectivity index (χ2n) is 16.4. The Morgan fingerprint density at radius 3 is 1.25 bits per heavy atom. The first-order chi connectivity index (χ1) is 28.5. The van der Waals surface area contributed by atoms with E-state index in [0.29, 0.717) is 0 Å². The van der Waals surface area contributed by atoms with Gasteiger partial charge in [-0.1, -0.05) is 12.1 Å².